The van der Waals surface area contributed by atoms with Gasteiger partial charge in [-0.3, -0.25) is 0 Å². The van der Waals surface area contributed by atoms with Crippen molar-refractivity contribution >= 4 is 16.5 Å². The minimum absolute atomic E-state index is 0. The first-order valence-corrected chi connectivity index (χ1v) is 10.5. The van der Waals surface area contributed by atoms with Crippen molar-refractivity contribution in [3.63, 3.8) is 0 Å². The van der Waals surface area contributed by atoms with Crippen LogP contribution < -0.4 is 103 Å². The van der Waals surface area contributed by atoms with E-state index in [1.54, 1.807) is 0 Å². The van der Waals surface area contributed by atoms with Crippen LogP contribution in [0.3, 0.4) is 0 Å². The summed E-state index contributed by atoms with van der Waals surface area (Å²) < 4.78 is 0. The standard InChI is InChI=1S/2C3H10NSi.2K/c2*1-5(2,3)4;;/h2*4H,1-3H3;;/q2*-1;2*+1. The third-order valence-corrected chi connectivity index (χ3v) is 0. The minimum atomic E-state index is -1.36. The Balaban J connectivity index is -0.0000000457. The molecule has 0 atom stereocenters. The summed E-state index contributed by atoms with van der Waals surface area (Å²) in [5, 5.41) is 14.2. The molecule has 0 aromatic rings. The molecule has 0 fully saturated rings. The van der Waals surface area contributed by atoms with Crippen molar-refractivity contribution in [2.45, 2.75) is 39.3 Å². The van der Waals surface area contributed by atoms with Crippen molar-refractivity contribution in [3.05, 3.63) is 10.8 Å². The molecule has 0 aliphatic heterocycles. The van der Waals surface area contributed by atoms with E-state index in [1.807, 2.05) is 39.3 Å². The fourth-order valence-corrected chi connectivity index (χ4v) is 0. The predicted molar refractivity (Wildman–Crippen MR) is 55.3 cm³/mol. The molecule has 0 spiro atoms. The third-order valence-electron chi connectivity index (χ3n) is 0. The van der Waals surface area contributed by atoms with Crippen molar-refractivity contribution < 1.29 is 103 Å². The van der Waals surface area contributed by atoms with Crippen molar-refractivity contribution in [1.82, 2.24) is 0 Å². The van der Waals surface area contributed by atoms with Crippen LogP contribution in [0.25, 0.3) is 10.8 Å². The molecular formula is C6H20K2N2Si2. The van der Waals surface area contributed by atoms with Crippen molar-refractivity contribution in [2.24, 2.45) is 0 Å². The van der Waals surface area contributed by atoms with Gasteiger partial charge >= 0.3 is 103 Å². The molecule has 0 radical (unpaired) electrons. The second-order valence-electron chi connectivity index (χ2n) is 4.50. The van der Waals surface area contributed by atoms with Gasteiger partial charge in [0.15, 0.2) is 0 Å². The normalized spacial score (nSPS) is 10.0. The van der Waals surface area contributed by atoms with Crippen LogP contribution in [0.5, 0.6) is 0 Å². The SMILES string of the molecule is C[Si](C)(C)[NH-].C[Si](C)(C)[NH-].[K+].[K+]. The molecule has 0 saturated carbocycles. The summed E-state index contributed by atoms with van der Waals surface area (Å²) in [5.41, 5.74) is 0. The molecule has 0 aromatic heterocycles. The van der Waals surface area contributed by atoms with Crippen LogP contribution in [0.4, 0.5) is 0 Å². The first-order chi connectivity index (χ1) is 4.00. The molecule has 0 aromatic carbocycles. The molecule has 0 amide bonds. The molecule has 0 aliphatic carbocycles. The molecule has 12 heavy (non-hydrogen) atoms. The predicted octanol–water partition coefficient (Wildman–Crippen LogP) is -2.24. The molecule has 0 saturated heterocycles. The molecule has 0 heterocycles. The van der Waals surface area contributed by atoms with Crippen LogP contribution in [0, 0.1) is 0 Å². The zero-order chi connectivity index (χ0) is 9.00. The zero-order valence-electron chi connectivity index (χ0n) is 10.0. The van der Waals surface area contributed by atoms with Gasteiger partial charge in [-0.25, -0.2) is 0 Å². The minimum Gasteiger partial charge on any atom is -0.680 e. The maximum Gasteiger partial charge on any atom is 1.00 e. The van der Waals surface area contributed by atoms with Gasteiger partial charge in [0.2, 0.25) is 0 Å². The number of hydrogen-bond acceptors (Lipinski definition) is 0. The van der Waals surface area contributed by atoms with Crippen LogP contribution in [0.15, 0.2) is 0 Å². The number of nitrogens with one attached hydrogen (secondary N) is 2. The van der Waals surface area contributed by atoms with Gasteiger partial charge in [-0.05, 0) is 0 Å². The molecule has 2 N–H and O–H groups in total. The van der Waals surface area contributed by atoms with Gasteiger partial charge in [0, 0.05) is 0 Å². The molecule has 0 rings (SSSR count). The van der Waals surface area contributed by atoms with Gasteiger partial charge in [-0.1, -0.05) is 55.8 Å². The fourth-order valence-electron chi connectivity index (χ4n) is 0. The first-order valence-electron chi connectivity index (χ1n) is 3.50. The molecule has 0 bridgehead atoms. The second-order valence-corrected chi connectivity index (χ2v) is 13.5. The van der Waals surface area contributed by atoms with Crippen LogP contribution in [0.1, 0.15) is 0 Å². The Kier molecular flexibility index (Phi) is 22.9. The van der Waals surface area contributed by atoms with E-state index >= 15 is 0 Å². The van der Waals surface area contributed by atoms with Gasteiger partial charge in [0.25, 0.3) is 0 Å². The zero-order valence-corrected chi connectivity index (χ0v) is 18.2. The van der Waals surface area contributed by atoms with E-state index < -0.39 is 16.5 Å². The Morgan fingerprint density at radius 1 is 0.583 bits per heavy atom. The van der Waals surface area contributed by atoms with Crippen molar-refractivity contribution in [3.8, 4) is 0 Å². The van der Waals surface area contributed by atoms with Gasteiger partial charge in [0.05, 0.1) is 0 Å². The average Bonchev–Trinajstić information content (AvgIpc) is 1.12. The van der Waals surface area contributed by atoms with Crippen LogP contribution in [-0.4, -0.2) is 16.5 Å². The summed E-state index contributed by atoms with van der Waals surface area (Å²) in [5.74, 6) is 0. The number of hydrogen-bond donors (Lipinski definition) is 0. The maximum absolute atomic E-state index is 7.08. The number of rotatable bonds is 0. The van der Waals surface area contributed by atoms with E-state index in [0.29, 0.717) is 0 Å². The summed E-state index contributed by atoms with van der Waals surface area (Å²) >= 11 is 0. The molecule has 2 nitrogen and oxygen atoms in total. The average molecular weight is 255 g/mol. The quantitative estimate of drug-likeness (QED) is 0.439. The molecular weight excluding hydrogens is 234 g/mol. The van der Waals surface area contributed by atoms with E-state index in [2.05, 4.69) is 0 Å². The maximum atomic E-state index is 7.08. The smallest absolute Gasteiger partial charge is 0.680 e. The fraction of sp³-hybridized carbons (Fsp3) is 1.00. The van der Waals surface area contributed by atoms with E-state index in [9.17, 15) is 0 Å². The molecule has 0 aliphatic rings. The monoisotopic (exact) mass is 254 g/mol. The molecule has 64 valence electrons. The van der Waals surface area contributed by atoms with E-state index in [-0.39, 0.29) is 103 Å². The van der Waals surface area contributed by atoms with E-state index in [0.717, 1.165) is 0 Å². The van der Waals surface area contributed by atoms with Crippen molar-refractivity contribution in [2.75, 3.05) is 0 Å². The Labute approximate surface area is 165 Å². The topological polar surface area (TPSA) is 47.6 Å². The van der Waals surface area contributed by atoms with E-state index in [1.165, 1.54) is 0 Å². The van der Waals surface area contributed by atoms with Crippen LogP contribution in [0.2, 0.25) is 39.3 Å². The van der Waals surface area contributed by atoms with Gasteiger partial charge < -0.3 is 10.8 Å². The third kappa shape index (κ3) is 165. The molecule has 6 heteroatoms. The largest absolute Gasteiger partial charge is 1.00 e. The summed E-state index contributed by atoms with van der Waals surface area (Å²) in [7, 11) is -2.72. The van der Waals surface area contributed by atoms with Crippen molar-refractivity contribution in [1.29, 1.82) is 0 Å². The van der Waals surface area contributed by atoms with E-state index in [4.69, 9.17) is 10.8 Å². The van der Waals surface area contributed by atoms with Gasteiger partial charge in [-0.2, -0.15) is 0 Å². The first kappa shape index (κ1) is 24.7. The summed E-state index contributed by atoms with van der Waals surface area (Å²) in [6.07, 6.45) is 0. The summed E-state index contributed by atoms with van der Waals surface area (Å²) in [6, 6.07) is 0. The summed E-state index contributed by atoms with van der Waals surface area (Å²) in [4.78, 5) is 0. The Morgan fingerprint density at radius 2 is 0.583 bits per heavy atom. The Bertz CT molecular complexity index is 64.5. The van der Waals surface area contributed by atoms with Gasteiger partial charge in [-0.15, -0.1) is 0 Å². The molecule has 0 unspecified atom stereocenters. The summed E-state index contributed by atoms with van der Waals surface area (Å²) in [6.45, 7) is 12.0. The van der Waals surface area contributed by atoms with Crippen LogP contribution in [-0.2, 0) is 0 Å². The second kappa shape index (κ2) is 11.1. The Hall–Kier alpha value is 3.63. The Morgan fingerprint density at radius 3 is 0.583 bits per heavy atom. The van der Waals surface area contributed by atoms with Gasteiger partial charge in [0.1, 0.15) is 0 Å². The van der Waals surface area contributed by atoms with Crippen LogP contribution >= 0.6 is 0 Å².